The summed E-state index contributed by atoms with van der Waals surface area (Å²) in [6.07, 6.45) is 0. The largest absolute Gasteiger partial charge is 0.347 e. The molecule has 0 aliphatic heterocycles. The molecule has 70 valence electrons. The molecule has 0 rings (SSSR count). The molecule has 5 heteroatoms. The molecule has 0 atom stereocenters. The van der Waals surface area contributed by atoms with Gasteiger partial charge in [-0.05, 0) is 5.41 Å². The summed E-state index contributed by atoms with van der Waals surface area (Å²) in [7, 11) is 0. The number of amides is 2. The minimum atomic E-state index is -0.820. The maximum atomic E-state index is 10.8. The second-order valence-electron chi connectivity index (χ2n) is 3.72. The lowest BCUT2D eigenvalue weighted by Gasteiger charge is -2.17. The third-order valence-corrected chi connectivity index (χ3v) is 1.12. The summed E-state index contributed by atoms with van der Waals surface area (Å²) in [5.41, 5.74) is 1.71. The van der Waals surface area contributed by atoms with E-state index in [2.05, 4.69) is 5.32 Å². The van der Waals surface area contributed by atoms with Crippen molar-refractivity contribution in [1.82, 2.24) is 10.7 Å². The van der Waals surface area contributed by atoms with Crippen LogP contribution in [0.15, 0.2) is 0 Å². The number of nitrogens with one attached hydrogen (secondary N) is 2. The van der Waals surface area contributed by atoms with Crippen LogP contribution in [0.25, 0.3) is 0 Å². The van der Waals surface area contributed by atoms with Gasteiger partial charge in [-0.2, -0.15) is 0 Å². The zero-order valence-corrected chi connectivity index (χ0v) is 7.60. The number of rotatable bonds is 1. The van der Waals surface area contributed by atoms with Gasteiger partial charge in [-0.15, -0.1) is 0 Å². The van der Waals surface area contributed by atoms with Crippen molar-refractivity contribution in [2.75, 3.05) is 6.54 Å². The Hall–Kier alpha value is -1.10. The zero-order chi connectivity index (χ0) is 9.78. The Labute approximate surface area is 71.7 Å². The molecule has 4 N–H and O–H groups in total. The van der Waals surface area contributed by atoms with E-state index in [0.717, 1.165) is 0 Å². The fourth-order valence-corrected chi connectivity index (χ4v) is 0.491. The summed E-state index contributed by atoms with van der Waals surface area (Å²) in [5.74, 6) is 3.23. The Morgan fingerprint density at radius 3 is 2.08 bits per heavy atom. The topological polar surface area (TPSA) is 84.2 Å². The average Bonchev–Trinajstić information content (AvgIpc) is 1.97. The normalized spacial score (nSPS) is 10.7. The van der Waals surface area contributed by atoms with Crippen molar-refractivity contribution in [3.05, 3.63) is 0 Å². The summed E-state index contributed by atoms with van der Waals surface area (Å²) in [6, 6.07) is 0. The van der Waals surface area contributed by atoms with Crippen LogP contribution in [0.2, 0.25) is 0 Å². The molecule has 0 aliphatic rings. The number of hydrogen-bond donors (Lipinski definition) is 3. The van der Waals surface area contributed by atoms with Crippen LogP contribution in [0.5, 0.6) is 0 Å². The van der Waals surface area contributed by atoms with E-state index in [4.69, 9.17) is 5.84 Å². The zero-order valence-electron chi connectivity index (χ0n) is 7.60. The molecule has 0 unspecified atom stereocenters. The van der Waals surface area contributed by atoms with Crippen LogP contribution in [-0.2, 0) is 9.59 Å². The third-order valence-electron chi connectivity index (χ3n) is 1.12. The van der Waals surface area contributed by atoms with Crippen molar-refractivity contribution in [1.29, 1.82) is 0 Å². The second kappa shape index (κ2) is 4.06. The highest BCUT2D eigenvalue weighted by molar-refractivity contribution is 6.34. The van der Waals surface area contributed by atoms with Crippen LogP contribution in [0.1, 0.15) is 20.8 Å². The van der Waals surface area contributed by atoms with Gasteiger partial charge in [0, 0.05) is 6.54 Å². The molecule has 0 saturated heterocycles. The predicted molar refractivity (Wildman–Crippen MR) is 44.8 cm³/mol. The number of nitrogens with two attached hydrogens (primary N) is 1. The highest BCUT2D eigenvalue weighted by Gasteiger charge is 2.15. The lowest BCUT2D eigenvalue weighted by atomic mass is 9.97. The van der Waals surface area contributed by atoms with Crippen molar-refractivity contribution in [2.45, 2.75) is 20.8 Å². The van der Waals surface area contributed by atoms with Crippen LogP contribution >= 0.6 is 0 Å². The van der Waals surface area contributed by atoms with E-state index in [9.17, 15) is 9.59 Å². The second-order valence-corrected chi connectivity index (χ2v) is 3.72. The smallest absolute Gasteiger partial charge is 0.323 e. The van der Waals surface area contributed by atoms with E-state index in [0.29, 0.717) is 6.54 Å². The van der Waals surface area contributed by atoms with E-state index >= 15 is 0 Å². The Bertz CT molecular complexity index is 184. The minimum absolute atomic E-state index is 0.0372. The Balaban J connectivity index is 3.80. The van der Waals surface area contributed by atoms with Gasteiger partial charge in [-0.3, -0.25) is 15.0 Å². The first-order valence-electron chi connectivity index (χ1n) is 3.65. The molecular weight excluding hydrogens is 158 g/mol. The molecule has 5 nitrogen and oxygen atoms in total. The van der Waals surface area contributed by atoms with Gasteiger partial charge < -0.3 is 5.32 Å². The van der Waals surface area contributed by atoms with Crippen molar-refractivity contribution < 1.29 is 9.59 Å². The molecule has 0 spiro atoms. The number of hydrogen-bond acceptors (Lipinski definition) is 3. The van der Waals surface area contributed by atoms with E-state index < -0.39 is 11.8 Å². The molecule has 0 aromatic heterocycles. The van der Waals surface area contributed by atoms with Gasteiger partial charge in [0.15, 0.2) is 0 Å². The quantitative estimate of drug-likeness (QED) is 0.209. The maximum Gasteiger partial charge on any atom is 0.323 e. The van der Waals surface area contributed by atoms with Gasteiger partial charge in [0.05, 0.1) is 0 Å². The lowest BCUT2D eigenvalue weighted by Crippen LogP contribution is -2.45. The first-order chi connectivity index (χ1) is 5.37. The number of hydrazine groups is 1. The molecule has 0 aromatic rings. The summed E-state index contributed by atoms with van der Waals surface area (Å²) >= 11 is 0. The van der Waals surface area contributed by atoms with Gasteiger partial charge in [0.1, 0.15) is 0 Å². The monoisotopic (exact) mass is 173 g/mol. The predicted octanol–water partition coefficient (Wildman–Crippen LogP) is -0.861. The molecule has 0 aromatic carbocycles. The summed E-state index contributed by atoms with van der Waals surface area (Å²) in [6.45, 7) is 6.30. The molecular formula is C7H15N3O2. The maximum absolute atomic E-state index is 10.8. The number of carbonyl (C=O) groups is 2. The van der Waals surface area contributed by atoms with E-state index in [-0.39, 0.29) is 5.41 Å². The SMILES string of the molecule is CC(C)(C)CNC(=O)C(=O)NN. The molecule has 0 saturated carbocycles. The van der Waals surface area contributed by atoms with Crippen LogP contribution in [-0.4, -0.2) is 18.4 Å². The first kappa shape index (κ1) is 10.9. The summed E-state index contributed by atoms with van der Waals surface area (Å²) in [4.78, 5) is 21.4. The molecule has 0 heterocycles. The number of carbonyl (C=O) groups excluding carboxylic acids is 2. The molecule has 0 aliphatic carbocycles. The summed E-state index contributed by atoms with van der Waals surface area (Å²) in [5, 5.41) is 2.44. The van der Waals surface area contributed by atoms with Crippen LogP contribution < -0.4 is 16.6 Å². The first-order valence-corrected chi connectivity index (χ1v) is 3.65. The van der Waals surface area contributed by atoms with Gasteiger partial charge in [-0.25, -0.2) is 5.84 Å². The molecule has 2 amide bonds. The molecule has 0 fully saturated rings. The van der Waals surface area contributed by atoms with Crippen molar-refractivity contribution in [3.63, 3.8) is 0 Å². The van der Waals surface area contributed by atoms with E-state index in [1.807, 2.05) is 20.8 Å². The van der Waals surface area contributed by atoms with Crippen molar-refractivity contribution >= 4 is 11.8 Å². The molecule has 0 bridgehead atoms. The van der Waals surface area contributed by atoms with Crippen molar-refractivity contribution in [3.8, 4) is 0 Å². The fourth-order valence-electron chi connectivity index (χ4n) is 0.491. The van der Waals surface area contributed by atoms with E-state index in [1.165, 1.54) is 0 Å². The third kappa shape index (κ3) is 4.68. The average molecular weight is 173 g/mol. The van der Waals surface area contributed by atoms with Crippen LogP contribution in [0.3, 0.4) is 0 Å². The Morgan fingerprint density at radius 2 is 1.75 bits per heavy atom. The lowest BCUT2D eigenvalue weighted by molar-refractivity contribution is -0.139. The van der Waals surface area contributed by atoms with Crippen LogP contribution in [0, 0.1) is 5.41 Å². The summed E-state index contributed by atoms with van der Waals surface area (Å²) < 4.78 is 0. The molecule has 0 radical (unpaired) electrons. The fraction of sp³-hybridized carbons (Fsp3) is 0.714. The highest BCUT2D eigenvalue weighted by atomic mass is 16.2. The van der Waals surface area contributed by atoms with Gasteiger partial charge in [0.2, 0.25) is 0 Å². The van der Waals surface area contributed by atoms with Gasteiger partial charge in [-0.1, -0.05) is 20.8 Å². The Kier molecular flexibility index (Phi) is 3.69. The van der Waals surface area contributed by atoms with Crippen LogP contribution in [0.4, 0.5) is 0 Å². The Morgan fingerprint density at radius 1 is 1.25 bits per heavy atom. The molecule has 12 heavy (non-hydrogen) atoms. The van der Waals surface area contributed by atoms with Gasteiger partial charge >= 0.3 is 11.8 Å². The van der Waals surface area contributed by atoms with E-state index in [1.54, 1.807) is 5.43 Å². The minimum Gasteiger partial charge on any atom is -0.347 e. The highest BCUT2D eigenvalue weighted by Crippen LogP contribution is 2.09. The van der Waals surface area contributed by atoms with Gasteiger partial charge in [0.25, 0.3) is 0 Å². The van der Waals surface area contributed by atoms with Crippen molar-refractivity contribution in [2.24, 2.45) is 11.3 Å². The standard InChI is InChI=1S/C7H15N3O2/c1-7(2,3)4-9-5(11)6(12)10-8/h4,8H2,1-3H3,(H,9,11)(H,10,12).